The van der Waals surface area contributed by atoms with Crippen LogP contribution in [0, 0.1) is 17.6 Å². The van der Waals surface area contributed by atoms with Gasteiger partial charge in [-0.2, -0.15) is 0 Å². The lowest BCUT2D eigenvalue weighted by Crippen LogP contribution is -2.48. The molecule has 28 heavy (non-hydrogen) atoms. The van der Waals surface area contributed by atoms with Gasteiger partial charge in [-0.25, -0.2) is 8.78 Å². The molecule has 1 aliphatic carbocycles. The fraction of sp³-hybridized carbons (Fsp3) is 0.409. The van der Waals surface area contributed by atoms with Crippen LogP contribution < -0.4 is 10.2 Å². The summed E-state index contributed by atoms with van der Waals surface area (Å²) < 4.78 is 26.0. The van der Waals surface area contributed by atoms with E-state index in [1.807, 2.05) is 12.1 Å². The molecule has 1 aliphatic heterocycles. The first kappa shape index (κ1) is 18.9. The molecule has 4 nitrogen and oxygen atoms in total. The lowest BCUT2D eigenvalue weighted by Gasteiger charge is -2.36. The first-order valence-electron chi connectivity index (χ1n) is 9.86. The molecule has 0 radical (unpaired) electrons. The highest BCUT2D eigenvalue weighted by atomic mass is 19.1. The summed E-state index contributed by atoms with van der Waals surface area (Å²) in [6.45, 7) is 5.12. The minimum absolute atomic E-state index is 0.0146. The second kappa shape index (κ2) is 8.27. The van der Waals surface area contributed by atoms with E-state index in [4.69, 9.17) is 0 Å². The molecule has 1 saturated carbocycles. The number of amides is 1. The minimum atomic E-state index is -0.245. The number of benzene rings is 2. The highest BCUT2D eigenvalue weighted by molar-refractivity contribution is 5.82. The van der Waals surface area contributed by atoms with E-state index in [1.165, 1.54) is 24.3 Å². The van der Waals surface area contributed by atoms with Crippen molar-refractivity contribution >= 4 is 11.6 Å². The average molecular weight is 385 g/mol. The molecule has 1 N–H and O–H groups in total. The van der Waals surface area contributed by atoms with Crippen LogP contribution in [0.3, 0.4) is 0 Å². The second-order valence-corrected chi connectivity index (χ2v) is 7.60. The number of nitrogens with one attached hydrogen (secondary N) is 1. The molecular formula is C22H25F2N3O. The quantitative estimate of drug-likeness (QED) is 0.830. The lowest BCUT2D eigenvalue weighted by molar-refractivity contribution is -0.122. The molecule has 1 heterocycles. The third kappa shape index (κ3) is 4.50. The number of hydrogen-bond acceptors (Lipinski definition) is 3. The van der Waals surface area contributed by atoms with E-state index in [9.17, 15) is 13.6 Å². The lowest BCUT2D eigenvalue weighted by atomic mass is 10.1. The van der Waals surface area contributed by atoms with Gasteiger partial charge >= 0.3 is 0 Å². The number of anilines is 1. The summed E-state index contributed by atoms with van der Waals surface area (Å²) in [7, 11) is 0. The molecule has 0 bridgehead atoms. The van der Waals surface area contributed by atoms with Gasteiger partial charge in [-0.3, -0.25) is 9.69 Å². The maximum Gasteiger partial charge on any atom is 0.223 e. The Hall–Kier alpha value is -2.47. The summed E-state index contributed by atoms with van der Waals surface area (Å²) in [6.07, 6.45) is 0.841. The van der Waals surface area contributed by atoms with E-state index in [0.717, 1.165) is 50.4 Å². The third-order valence-electron chi connectivity index (χ3n) is 5.72. The van der Waals surface area contributed by atoms with Crippen molar-refractivity contribution in [3.05, 3.63) is 65.7 Å². The molecule has 2 fully saturated rings. The highest BCUT2D eigenvalue weighted by Crippen LogP contribution is 2.47. The van der Waals surface area contributed by atoms with Crippen molar-refractivity contribution in [1.29, 1.82) is 0 Å². The van der Waals surface area contributed by atoms with Gasteiger partial charge in [0.15, 0.2) is 0 Å². The molecule has 0 unspecified atom stereocenters. The van der Waals surface area contributed by atoms with Gasteiger partial charge in [-0.15, -0.1) is 0 Å². The summed E-state index contributed by atoms with van der Waals surface area (Å²) in [5.41, 5.74) is 2.09. The molecule has 0 aromatic heterocycles. The monoisotopic (exact) mass is 385 g/mol. The molecule has 1 saturated heterocycles. The topological polar surface area (TPSA) is 35.6 Å². The first-order chi connectivity index (χ1) is 13.6. The maximum atomic E-state index is 13.0. The Kier molecular flexibility index (Phi) is 5.57. The Balaban J connectivity index is 1.16. The van der Waals surface area contributed by atoms with Crippen LogP contribution in [0.1, 0.15) is 17.9 Å². The molecule has 2 aromatic rings. The standard InChI is InChI=1S/C22H25F2N3O/c23-17-3-1-16(2-4-17)20-15-21(20)22(28)25-9-10-26-11-13-27(14-12-26)19-7-5-18(24)6-8-19/h1-8,20-21H,9-15H2,(H,25,28)/t20-,21+/m1/s1. The number of piperazine rings is 1. The predicted octanol–water partition coefficient (Wildman–Crippen LogP) is 3.01. The molecule has 0 spiro atoms. The number of halogens is 2. The normalized spacial score (nSPS) is 22.1. The predicted molar refractivity (Wildman–Crippen MR) is 105 cm³/mol. The molecule has 6 heteroatoms. The summed E-state index contributed by atoms with van der Waals surface area (Å²) in [6, 6.07) is 13.1. The van der Waals surface area contributed by atoms with E-state index in [0.29, 0.717) is 6.54 Å². The van der Waals surface area contributed by atoms with Crippen molar-refractivity contribution in [2.24, 2.45) is 5.92 Å². The second-order valence-electron chi connectivity index (χ2n) is 7.60. The fourth-order valence-corrected chi connectivity index (χ4v) is 3.91. The Bertz CT molecular complexity index is 802. The van der Waals surface area contributed by atoms with Crippen molar-refractivity contribution < 1.29 is 13.6 Å². The van der Waals surface area contributed by atoms with Crippen LogP contribution in [-0.4, -0.2) is 50.1 Å². The molecule has 4 rings (SSSR count). The molecular weight excluding hydrogens is 360 g/mol. The van der Waals surface area contributed by atoms with Crippen LogP contribution >= 0.6 is 0 Å². The van der Waals surface area contributed by atoms with Crippen LogP contribution in [0.2, 0.25) is 0 Å². The summed E-state index contributed by atoms with van der Waals surface area (Å²) in [5.74, 6) is -0.125. The number of carbonyl (C=O) groups excluding carboxylic acids is 1. The van der Waals surface area contributed by atoms with Gasteiger partial charge in [-0.1, -0.05) is 12.1 Å². The number of nitrogens with zero attached hydrogens (tertiary/aromatic N) is 2. The zero-order valence-corrected chi connectivity index (χ0v) is 15.8. The van der Waals surface area contributed by atoms with Crippen molar-refractivity contribution in [1.82, 2.24) is 10.2 Å². The SMILES string of the molecule is O=C(NCCN1CCN(c2ccc(F)cc2)CC1)[C@H]1C[C@@H]1c1ccc(F)cc1. The van der Waals surface area contributed by atoms with Gasteiger partial charge in [0, 0.05) is 50.9 Å². The van der Waals surface area contributed by atoms with Crippen LogP contribution in [-0.2, 0) is 4.79 Å². The third-order valence-corrected chi connectivity index (χ3v) is 5.72. The zero-order valence-electron chi connectivity index (χ0n) is 15.8. The summed E-state index contributed by atoms with van der Waals surface area (Å²) in [4.78, 5) is 16.9. The highest BCUT2D eigenvalue weighted by Gasteiger charge is 2.43. The van der Waals surface area contributed by atoms with Crippen LogP contribution in [0.5, 0.6) is 0 Å². The molecule has 1 amide bonds. The summed E-state index contributed by atoms with van der Waals surface area (Å²) in [5, 5.41) is 3.04. The van der Waals surface area contributed by atoms with E-state index in [-0.39, 0.29) is 29.4 Å². The van der Waals surface area contributed by atoms with Gasteiger partial charge in [0.25, 0.3) is 0 Å². The molecule has 2 atom stereocenters. The van der Waals surface area contributed by atoms with E-state index < -0.39 is 0 Å². The smallest absolute Gasteiger partial charge is 0.223 e. The maximum absolute atomic E-state index is 13.0. The van der Waals surface area contributed by atoms with Crippen molar-refractivity contribution in [3.63, 3.8) is 0 Å². The Morgan fingerprint density at radius 1 is 0.929 bits per heavy atom. The largest absolute Gasteiger partial charge is 0.369 e. The fourth-order valence-electron chi connectivity index (χ4n) is 3.91. The zero-order chi connectivity index (χ0) is 19.5. The number of hydrogen-bond donors (Lipinski definition) is 1. The van der Waals surface area contributed by atoms with Crippen LogP contribution in [0.4, 0.5) is 14.5 Å². The van der Waals surface area contributed by atoms with E-state index in [1.54, 1.807) is 12.1 Å². The van der Waals surface area contributed by atoms with Crippen molar-refractivity contribution in [3.8, 4) is 0 Å². The molecule has 2 aromatic carbocycles. The van der Waals surface area contributed by atoms with Crippen molar-refractivity contribution in [2.75, 3.05) is 44.2 Å². The number of carbonyl (C=O) groups is 1. The van der Waals surface area contributed by atoms with E-state index in [2.05, 4.69) is 15.1 Å². The first-order valence-corrected chi connectivity index (χ1v) is 9.86. The van der Waals surface area contributed by atoms with Gasteiger partial charge in [0.1, 0.15) is 11.6 Å². The summed E-state index contributed by atoms with van der Waals surface area (Å²) >= 11 is 0. The average Bonchev–Trinajstić information content (AvgIpc) is 3.51. The van der Waals surface area contributed by atoms with Gasteiger partial charge in [0.05, 0.1) is 0 Å². The molecule has 148 valence electrons. The Morgan fingerprint density at radius 3 is 2.18 bits per heavy atom. The Labute approximate surface area is 164 Å². The van der Waals surface area contributed by atoms with Crippen LogP contribution in [0.15, 0.2) is 48.5 Å². The minimum Gasteiger partial charge on any atom is -0.369 e. The number of rotatable bonds is 6. The Morgan fingerprint density at radius 2 is 1.54 bits per heavy atom. The molecule has 2 aliphatic rings. The van der Waals surface area contributed by atoms with Gasteiger partial charge < -0.3 is 10.2 Å². The van der Waals surface area contributed by atoms with E-state index >= 15 is 0 Å². The van der Waals surface area contributed by atoms with Crippen LogP contribution in [0.25, 0.3) is 0 Å². The van der Waals surface area contributed by atoms with Gasteiger partial charge in [-0.05, 0) is 54.3 Å². The van der Waals surface area contributed by atoms with Crippen molar-refractivity contribution in [2.45, 2.75) is 12.3 Å². The van der Waals surface area contributed by atoms with Gasteiger partial charge in [0.2, 0.25) is 5.91 Å².